The fourth-order valence-corrected chi connectivity index (χ4v) is 1.51. The number of aliphatic hydroxyl groups excluding tert-OH is 1. The number of benzene rings is 1. The summed E-state index contributed by atoms with van der Waals surface area (Å²) in [4.78, 5) is 0. The molecular formula is C13H19FO3. The van der Waals surface area contributed by atoms with Crippen LogP contribution in [-0.2, 0) is 4.74 Å². The first-order valence-electron chi connectivity index (χ1n) is 5.67. The summed E-state index contributed by atoms with van der Waals surface area (Å²) >= 11 is 0. The van der Waals surface area contributed by atoms with E-state index in [-0.39, 0.29) is 11.9 Å². The van der Waals surface area contributed by atoms with Crippen molar-refractivity contribution >= 4 is 0 Å². The van der Waals surface area contributed by atoms with Crippen molar-refractivity contribution in [3.63, 3.8) is 0 Å². The smallest absolute Gasteiger partial charge is 0.125 e. The van der Waals surface area contributed by atoms with Crippen molar-refractivity contribution in [2.24, 2.45) is 0 Å². The lowest BCUT2D eigenvalue weighted by Crippen LogP contribution is -2.15. The van der Waals surface area contributed by atoms with Gasteiger partial charge in [-0.15, -0.1) is 0 Å². The van der Waals surface area contributed by atoms with Gasteiger partial charge in [0.1, 0.15) is 11.6 Å². The van der Waals surface area contributed by atoms with Crippen molar-refractivity contribution in [1.29, 1.82) is 0 Å². The summed E-state index contributed by atoms with van der Waals surface area (Å²) in [6, 6.07) is 4.16. The maximum absolute atomic E-state index is 13.1. The van der Waals surface area contributed by atoms with Gasteiger partial charge in [0.15, 0.2) is 0 Å². The number of rotatable bonds is 6. The van der Waals surface area contributed by atoms with Gasteiger partial charge in [-0.3, -0.25) is 0 Å². The summed E-state index contributed by atoms with van der Waals surface area (Å²) < 4.78 is 23.7. The van der Waals surface area contributed by atoms with Crippen LogP contribution in [0, 0.1) is 5.82 Å². The Hall–Kier alpha value is -1.13. The van der Waals surface area contributed by atoms with Crippen LogP contribution in [0.5, 0.6) is 5.75 Å². The lowest BCUT2D eigenvalue weighted by molar-refractivity contribution is 0.129. The molecule has 0 spiro atoms. The van der Waals surface area contributed by atoms with E-state index in [1.165, 1.54) is 12.1 Å². The van der Waals surface area contributed by atoms with Crippen molar-refractivity contribution < 1.29 is 19.0 Å². The van der Waals surface area contributed by atoms with Crippen molar-refractivity contribution in [2.45, 2.75) is 32.5 Å². The molecule has 0 heterocycles. The average Bonchev–Trinajstić information content (AvgIpc) is 2.28. The molecule has 0 saturated heterocycles. The highest BCUT2D eigenvalue weighted by atomic mass is 19.1. The number of hydrogen-bond donors (Lipinski definition) is 1. The van der Waals surface area contributed by atoms with Gasteiger partial charge in [-0.05, 0) is 32.0 Å². The largest absolute Gasteiger partial charge is 0.490 e. The second kappa shape index (κ2) is 6.57. The van der Waals surface area contributed by atoms with E-state index in [0.29, 0.717) is 17.9 Å². The zero-order chi connectivity index (χ0) is 12.8. The fourth-order valence-electron chi connectivity index (χ4n) is 1.51. The number of ether oxygens (including phenoxy) is 2. The third-order valence-electron chi connectivity index (χ3n) is 2.48. The molecule has 1 aromatic carbocycles. The standard InChI is InChI=1S/C13H19FO3/c1-9(6-7-16-3)17-13-5-4-11(14)8-12(13)10(2)15/h4-5,8-10,15H,6-7H2,1-3H3/t9?,10-/m0/s1. The van der Waals surface area contributed by atoms with Crippen LogP contribution in [0.4, 0.5) is 4.39 Å². The fraction of sp³-hybridized carbons (Fsp3) is 0.538. The minimum Gasteiger partial charge on any atom is -0.490 e. The van der Waals surface area contributed by atoms with Crippen LogP contribution in [0.25, 0.3) is 0 Å². The number of hydrogen-bond acceptors (Lipinski definition) is 3. The van der Waals surface area contributed by atoms with Crippen LogP contribution in [-0.4, -0.2) is 24.9 Å². The van der Waals surface area contributed by atoms with Crippen LogP contribution in [0.3, 0.4) is 0 Å². The summed E-state index contributed by atoms with van der Waals surface area (Å²) in [5.41, 5.74) is 0.467. The summed E-state index contributed by atoms with van der Waals surface area (Å²) in [5.74, 6) is 0.141. The molecule has 0 radical (unpaired) electrons. The number of methoxy groups -OCH3 is 1. The normalized spacial score (nSPS) is 14.4. The van der Waals surface area contributed by atoms with E-state index in [1.54, 1.807) is 20.1 Å². The Bertz CT molecular complexity index is 353. The van der Waals surface area contributed by atoms with Crippen molar-refractivity contribution in [3.05, 3.63) is 29.6 Å². The molecule has 17 heavy (non-hydrogen) atoms. The zero-order valence-electron chi connectivity index (χ0n) is 10.4. The van der Waals surface area contributed by atoms with Gasteiger partial charge < -0.3 is 14.6 Å². The Morgan fingerprint density at radius 2 is 2.06 bits per heavy atom. The van der Waals surface area contributed by atoms with Gasteiger partial charge in [-0.1, -0.05) is 0 Å². The van der Waals surface area contributed by atoms with E-state index in [9.17, 15) is 9.50 Å². The Kier molecular flexibility index (Phi) is 5.38. The third-order valence-corrected chi connectivity index (χ3v) is 2.48. The predicted octanol–water partition coefficient (Wildman–Crippen LogP) is 2.68. The molecule has 1 rings (SSSR count). The van der Waals surface area contributed by atoms with Crippen LogP contribution < -0.4 is 4.74 Å². The molecule has 0 bridgehead atoms. The van der Waals surface area contributed by atoms with E-state index >= 15 is 0 Å². The Labute approximate surface area is 101 Å². The molecule has 1 unspecified atom stereocenters. The molecule has 0 saturated carbocycles. The van der Waals surface area contributed by atoms with E-state index in [1.807, 2.05) is 6.92 Å². The molecule has 4 heteroatoms. The molecule has 2 atom stereocenters. The highest BCUT2D eigenvalue weighted by molar-refractivity contribution is 5.35. The predicted molar refractivity (Wildman–Crippen MR) is 63.6 cm³/mol. The lowest BCUT2D eigenvalue weighted by Gasteiger charge is -2.18. The average molecular weight is 242 g/mol. The number of aliphatic hydroxyl groups is 1. The van der Waals surface area contributed by atoms with Crippen LogP contribution in [0.1, 0.15) is 31.9 Å². The minimum atomic E-state index is -0.754. The molecule has 0 fully saturated rings. The van der Waals surface area contributed by atoms with Gasteiger partial charge in [0.25, 0.3) is 0 Å². The molecular weight excluding hydrogens is 223 g/mol. The van der Waals surface area contributed by atoms with Crippen molar-refractivity contribution in [3.8, 4) is 5.75 Å². The van der Waals surface area contributed by atoms with E-state index in [0.717, 1.165) is 6.42 Å². The summed E-state index contributed by atoms with van der Waals surface area (Å²) in [5, 5.41) is 9.55. The van der Waals surface area contributed by atoms with Gasteiger partial charge in [-0.25, -0.2) is 4.39 Å². The SMILES string of the molecule is COCCC(C)Oc1ccc(F)cc1[C@H](C)O. The molecule has 0 amide bonds. The third kappa shape index (κ3) is 4.32. The van der Waals surface area contributed by atoms with Crippen LogP contribution in [0.2, 0.25) is 0 Å². The summed E-state index contributed by atoms with van der Waals surface area (Å²) in [7, 11) is 1.63. The van der Waals surface area contributed by atoms with E-state index < -0.39 is 6.10 Å². The van der Waals surface area contributed by atoms with E-state index in [4.69, 9.17) is 9.47 Å². The van der Waals surface area contributed by atoms with Gasteiger partial charge in [0, 0.05) is 25.7 Å². The Balaban J connectivity index is 2.76. The maximum Gasteiger partial charge on any atom is 0.125 e. The molecule has 3 nitrogen and oxygen atoms in total. The first-order chi connectivity index (χ1) is 8.04. The first-order valence-corrected chi connectivity index (χ1v) is 5.67. The monoisotopic (exact) mass is 242 g/mol. The molecule has 0 aliphatic heterocycles. The Morgan fingerprint density at radius 1 is 1.35 bits per heavy atom. The topological polar surface area (TPSA) is 38.7 Å². The molecule has 1 aromatic rings. The lowest BCUT2D eigenvalue weighted by atomic mass is 10.1. The molecule has 0 aromatic heterocycles. The summed E-state index contributed by atoms with van der Waals surface area (Å²) in [6.45, 7) is 4.10. The van der Waals surface area contributed by atoms with E-state index in [2.05, 4.69) is 0 Å². The van der Waals surface area contributed by atoms with Gasteiger partial charge in [-0.2, -0.15) is 0 Å². The quantitative estimate of drug-likeness (QED) is 0.833. The van der Waals surface area contributed by atoms with Crippen molar-refractivity contribution in [2.75, 3.05) is 13.7 Å². The highest BCUT2D eigenvalue weighted by Gasteiger charge is 2.13. The van der Waals surface area contributed by atoms with Gasteiger partial charge >= 0.3 is 0 Å². The molecule has 1 N–H and O–H groups in total. The Morgan fingerprint density at radius 3 is 2.65 bits per heavy atom. The second-order valence-electron chi connectivity index (χ2n) is 4.07. The van der Waals surface area contributed by atoms with Crippen LogP contribution >= 0.6 is 0 Å². The van der Waals surface area contributed by atoms with Gasteiger partial charge in [0.2, 0.25) is 0 Å². The molecule has 0 aliphatic carbocycles. The van der Waals surface area contributed by atoms with Crippen LogP contribution in [0.15, 0.2) is 18.2 Å². The molecule has 0 aliphatic rings. The highest BCUT2D eigenvalue weighted by Crippen LogP contribution is 2.27. The first kappa shape index (κ1) is 13.9. The maximum atomic E-state index is 13.1. The summed E-state index contributed by atoms with van der Waals surface area (Å²) in [6.07, 6.45) is -0.0547. The van der Waals surface area contributed by atoms with Gasteiger partial charge in [0.05, 0.1) is 12.2 Å². The minimum absolute atomic E-state index is 0.0436. The second-order valence-corrected chi connectivity index (χ2v) is 4.07. The number of halogens is 1. The molecule has 96 valence electrons. The van der Waals surface area contributed by atoms with Crippen molar-refractivity contribution in [1.82, 2.24) is 0 Å². The zero-order valence-corrected chi connectivity index (χ0v) is 10.4.